The molecule has 0 aromatic carbocycles. The molecule has 0 radical (unpaired) electrons. The Labute approximate surface area is 103 Å². The third-order valence-electron chi connectivity index (χ3n) is 2.68. The fourth-order valence-corrected chi connectivity index (χ4v) is 1.77. The summed E-state index contributed by atoms with van der Waals surface area (Å²) in [5.74, 6) is -2.12. The van der Waals surface area contributed by atoms with E-state index >= 15 is 0 Å². The highest BCUT2D eigenvalue weighted by Gasteiger charge is 2.42. The van der Waals surface area contributed by atoms with Crippen LogP contribution in [0.25, 0.3) is 0 Å². The van der Waals surface area contributed by atoms with Crippen LogP contribution in [0.5, 0.6) is 0 Å². The Hall–Kier alpha value is -1.53. The van der Waals surface area contributed by atoms with E-state index in [4.69, 9.17) is 0 Å². The maximum Gasteiger partial charge on any atom is 0.471 e. The molecule has 7 heteroatoms. The van der Waals surface area contributed by atoms with Gasteiger partial charge >= 0.3 is 12.1 Å². The Bertz CT molecular complexity index is 366. The maximum absolute atomic E-state index is 12.3. The molecule has 18 heavy (non-hydrogen) atoms. The van der Waals surface area contributed by atoms with E-state index in [0.717, 1.165) is 4.90 Å². The van der Waals surface area contributed by atoms with Gasteiger partial charge in [-0.1, -0.05) is 6.58 Å². The molecular formula is C11H15F3N2O2. The Morgan fingerprint density at radius 3 is 2.06 bits per heavy atom. The number of alkyl halides is 3. The molecule has 0 atom stereocenters. The summed E-state index contributed by atoms with van der Waals surface area (Å²) < 4.78 is 36.8. The third kappa shape index (κ3) is 3.48. The fourth-order valence-electron chi connectivity index (χ4n) is 1.77. The van der Waals surface area contributed by atoms with Crippen molar-refractivity contribution in [3.63, 3.8) is 0 Å². The van der Waals surface area contributed by atoms with Gasteiger partial charge in [0.25, 0.3) is 0 Å². The monoisotopic (exact) mass is 264 g/mol. The first-order valence-electron chi connectivity index (χ1n) is 5.54. The van der Waals surface area contributed by atoms with Crippen LogP contribution in [0.4, 0.5) is 13.2 Å². The van der Waals surface area contributed by atoms with Crippen molar-refractivity contribution in [2.45, 2.75) is 19.5 Å². The van der Waals surface area contributed by atoms with Gasteiger partial charge < -0.3 is 9.80 Å². The summed E-state index contributed by atoms with van der Waals surface area (Å²) in [5.41, 5.74) is 0.339. The van der Waals surface area contributed by atoms with Crippen molar-refractivity contribution in [2.75, 3.05) is 26.2 Å². The minimum atomic E-state index is -4.85. The summed E-state index contributed by atoms with van der Waals surface area (Å²) in [4.78, 5) is 24.9. The van der Waals surface area contributed by atoms with Crippen LogP contribution in [0.1, 0.15) is 13.3 Å². The van der Waals surface area contributed by atoms with Crippen LogP contribution >= 0.6 is 0 Å². The van der Waals surface area contributed by atoms with Crippen LogP contribution in [-0.4, -0.2) is 54.0 Å². The van der Waals surface area contributed by atoms with Gasteiger partial charge in [0.1, 0.15) is 0 Å². The first-order valence-corrected chi connectivity index (χ1v) is 5.54. The molecule has 102 valence electrons. The fraction of sp³-hybridized carbons (Fsp3) is 0.636. The number of nitrogens with zero attached hydrogens (tertiary/aromatic N) is 2. The molecule has 1 aliphatic heterocycles. The predicted octanol–water partition coefficient (Wildman–Crippen LogP) is 1.19. The molecule has 0 N–H and O–H groups in total. The maximum atomic E-state index is 12.3. The number of hydrogen-bond donors (Lipinski definition) is 0. The van der Waals surface area contributed by atoms with Crippen molar-refractivity contribution < 1.29 is 22.8 Å². The lowest BCUT2D eigenvalue weighted by Crippen LogP contribution is -2.43. The predicted molar refractivity (Wildman–Crippen MR) is 58.6 cm³/mol. The standard InChI is InChI=1S/C11H15F3N2O2/c1-8(2)9(17)15-4-3-5-16(7-6-15)10(18)11(12,13)14/h1,3-7H2,2H3. The zero-order valence-corrected chi connectivity index (χ0v) is 10.1. The molecular weight excluding hydrogens is 249 g/mol. The number of amides is 2. The van der Waals surface area contributed by atoms with Gasteiger partial charge in [-0.2, -0.15) is 13.2 Å². The number of hydrogen-bond acceptors (Lipinski definition) is 2. The molecule has 0 unspecified atom stereocenters. The quantitative estimate of drug-likeness (QED) is 0.667. The second-order valence-corrected chi connectivity index (χ2v) is 4.22. The smallest absolute Gasteiger partial charge is 0.337 e. The molecule has 1 saturated heterocycles. The first-order chi connectivity index (χ1) is 8.23. The van der Waals surface area contributed by atoms with Crippen LogP contribution in [0, 0.1) is 0 Å². The Kier molecular flexibility index (Phi) is 4.37. The van der Waals surface area contributed by atoms with Gasteiger partial charge in [0.2, 0.25) is 5.91 Å². The highest BCUT2D eigenvalue weighted by Crippen LogP contribution is 2.19. The Morgan fingerprint density at radius 1 is 1.06 bits per heavy atom. The van der Waals surface area contributed by atoms with Crippen molar-refractivity contribution in [1.29, 1.82) is 0 Å². The van der Waals surface area contributed by atoms with E-state index in [1.54, 1.807) is 6.92 Å². The lowest BCUT2D eigenvalue weighted by Gasteiger charge is -2.22. The van der Waals surface area contributed by atoms with E-state index in [1.165, 1.54) is 4.90 Å². The molecule has 2 amide bonds. The molecule has 0 aliphatic carbocycles. The van der Waals surface area contributed by atoms with Gasteiger partial charge in [0.05, 0.1) is 0 Å². The molecule has 1 rings (SSSR count). The number of carbonyl (C=O) groups is 2. The summed E-state index contributed by atoms with van der Waals surface area (Å²) in [5, 5.41) is 0. The van der Waals surface area contributed by atoms with Gasteiger partial charge in [-0.15, -0.1) is 0 Å². The summed E-state index contributed by atoms with van der Waals surface area (Å²) in [7, 11) is 0. The van der Waals surface area contributed by atoms with Gasteiger partial charge in [-0.05, 0) is 13.3 Å². The SMILES string of the molecule is C=C(C)C(=O)N1CCCN(C(=O)C(F)(F)F)CC1. The van der Waals surface area contributed by atoms with Crippen LogP contribution in [0.15, 0.2) is 12.2 Å². The van der Waals surface area contributed by atoms with Crippen molar-refractivity contribution >= 4 is 11.8 Å². The highest BCUT2D eigenvalue weighted by molar-refractivity contribution is 5.92. The van der Waals surface area contributed by atoms with Crippen LogP contribution in [0.2, 0.25) is 0 Å². The second-order valence-electron chi connectivity index (χ2n) is 4.22. The summed E-state index contributed by atoms with van der Waals surface area (Å²) in [6, 6.07) is 0. The molecule has 0 bridgehead atoms. The van der Waals surface area contributed by atoms with Gasteiger partial charge in [0, 0.05) is 31.8 Å². The minimum Gasteiger partial charge on any atom is -0.337 e. The Balaban J connectivity index is 2.65. The summed E-state index contributed by atoms with van der Waals surface area (Å²) in [6.07, 6.45) is -4.52. The molecule has 0 saturated carbocycles. The number of halogens is 3. The number of rotatable bonds is 1. The normalized spacial score (nSPS) is 17.3. The average molecular weight is 264 g/mol. The van der Waals surface area contributed by atoms with E-state index < -0.39 is 12.1 Å². The van der Waals surface area contributed by atoms with E-state index in [9.17, 15) is 22.8 Å². The zero-order chi connectivity index (χ0) is 13.9. The Morgan fingerprint density at radius 2 is 1.56 bits per heavy atom. The van der Waals surface area contributed by atoms with E-state index in [-0.39, 0.29) is 25.5 Å². The largest absolute Gasteiger partial charge is 0.471 e. The first kappa shape index (κ1) is 14.5. The lowest BCUT2D eigenvalue weighted by atomic mass is 10.3. The molecule has 1 aliphatic rings. The molecule has 1 fully saturated rings. The average Bonchev–Trinajstić information content (AvgIpc) is 2.50. The van der Waals surface area contributed by atoms with Crippen LogP contribution in [-0.2, 0) is 9.59 Å². The van der Waals surface area contributed by atoms with Crippen molar-refractivity contribution in [2.24, 2.45) is 0 Å². The van der Waals surface area contributed by atoms with Gasteiger partial charge in [-0.25, -0.2) is 0 Å². The molecule has 4 nitrogen and oxygen atoms in total. The molecule has 0 aromatic heterocycles. The lowest BCUT2D eigenvalue weighted by molar-refractivity contribution is -0.185. The minimum absolute atomic E-state index is 0.0122. The van der Waals surface area contributed by atoms with Crippen molar-refractivity contribution in [3.8, 4) is 0 Å². The van der Waals surface area contributed by atoms with Gasteiger partial charge in [0.15, 0.2) is 0 Å². The zero-order valence-electron chi connectivity index (χ0n) is 10.1. The molecule has 0 spiro atoms. The third-order valence-corrected chi connectivity index (χ3v) is 2.68. The number of carbonyl (C=O) groups excluding carboxylic acids is 2. The van der Waals surface area contributed by atoms with E-state index in [1.807, 2.05) is 0 Å². The highest BCUT2D eigenvalue weighted by atomic mass is 19.4. The summed E-state index contributed by atoms with van der Waals surface area (Å²) >= 11 is 0. The molecule has 0 aromatic rings. The van der Waals surface area contributed by atoms with Gasteiger partial charge in [-0.3, -0.25) is 9.59 Å². The van der Waals surface area contributed by atoms with Crippen LogP contribution in [0.3, 0.4) is 0 Å². The van der Waals surface area contributed by atoms with E-state index in [0.29, 0.717) is 18.5 Å². The second kappa shape index (κ2) is 5.41. The van der Waals surface area contributed by atoms with E-state index in [2.05, 4.69) is 6.58 Å². The topological polar surface area (TPSA) is 40.6 Å². The summed E-state index contributed by atoms with van der Waals surface area (Å²) in [6.45, 7) is 5.41. The van der Waals surface area contributed by atoms with Crippen molar-refractivity contribution in [3.05, 3.63) is 12.2 Å². The molecule has 1 heterocycles. The van der Waals surface area contributed by atoms with Crippen molar-refractivity contribution in [1.82, 2.24) is 9.80 Å². The van der Waals surface area contributed by atoms with Crippen LogP contribution < -0.4 is 0 Å².